The second kappa shape index (κ2) is 5.58. The van der Waals surface area contributed by atoms with Crippen LogP contribution in [0.3, 0.4) is 0 Å². The van der Waals surface area contributed by atoms with Crippen LogP contribution in [0.25, 0.3) is 11.3 Å². The van der Waals surface area contributed by atoms with Crippen LogP contribution in [0.1, 0.15) is 18.4 Å². The van der Waals surface area contributed by atoms with Crippen molar-refractivity contribution in [1.82, 2.24) is 9.78 Å². The van der Waals surface area contributed by atoms with Gasteiger partial charge in [-0.05, 0) is 31.4 Å². The summed E-state index contributed by atoms with van der Waals surface area (Å²) >= 11 is 12.5. The van der Waals surface area contributed by atoms with Crippen molar-refractivity contribution in [3.05, 3.63) is 33.8 Å². The van der Waals surface area contributed by atoms with E-state index in [1.54, 1.807) is 18.2 Å². The Labute approximate surface area is 132 Å². The van der Waals surface area contributed by atoms with Gasteiger partial charge in [-0.2, -0.15) is 9.78 Å². The fourth-order valence-electron chi connectivity index (χ4n) is 2.59. The lowest BCUT2D eigenvalue weighted by molar-refractivity contribution is 0.248. The van der Waals surface area contributed by atoms with E-state index in [4.69, 9.17) is 28.9 Å². The maximum Gasteiger partial charge on any atom is 0.341 e. The molecule has 1 amide bonds. The Morgan fingerprint density at radius 2 is 2.00 bits per heavy atom. The van der Waals surface area contributed by atoms with Crippen LogP contribution in [-0.2, 0) is 6.42 Å². The molecular weight excluding hydrogens is 311 g/mol. The van der Waals surface area contributed by atoms with Gasteiger partial charge in [-0.3, -0.25) is 0 Å². The van der Waals surface area contributed by atoms with Crippen molar-refractivity contribution in [2.75, 3.05) is 11.9 Å². The van der Waals surface area contributed by atoms with Crippen molar-refractivity contribution in [3.63, 3.8) is 0 Å². The van der Waals surface area contributed by atoms with Gasteiger partial charge in [0, 0.05) is 17.7 Å². The first-order valence-corrected chi connectivity index (χ1v) is 7.45. The summed E-state index contributed by atoms with van der Waals surface area (Å²) < 4.78 is 1.19. The quantitative estimate of drug-likeness (QED) is 0.842. The largest absolute Gasteiger partial charge is 0.370 e. The molecule has 3 rings (SSSR count). The molecule has 1 aliphatic heterocycles. The topological polar surface area (TPSA) is 72.9 Å². The molecule has 110 valence electrons. The monoisotopic (exact) mass is 324 g/mol. The number of anilines is 1. The molecule has 2 heterocycles. The van der Waals surface area contributed by atoms with Crippen LogP contribution in [0.5, 0.6) is 0 Å². The van der Waals surface area contributed by atoms with Gasteiger partial charge in [0.1, 0.15) is 11.5 Å². The molecule has 0 saturated heterocycles. The van der Waals surface area contributed by atoms with E-state index in [1.807, 2.05) is 0 Å². The van der Waals surface area contributed by atoms with E-state index in [0.29, 0.717) is 27.1 Å². The molecule has 3 N–H and O–H groups in total. The lowest BCUT2D eigenvalue weighted by atomic mass is 10.0. The van der Waals surface area contributed by atoms with Crippen LogP contribution in [0.4, 0.5) is 10.6 Å². The minimum Gasteiger partial charge on any atom is -0.370 e. The molecule has 0 aliphatic carbocycles. The summed E-state index contributed by atoms with van der Waals surface area (Å²) in [6, 6.07) is 4.65. The Morgan fingerprint density at radius 3 is 2.67 bits per heavy atom. The van der Waals surface area contributed by atoms with E-state index in [2.05, 4.69) is 10.4 Å². The number of nitrogens with two attached hydrogens (primary N) is 1. The van der Waals surface area contributed by atoms with Crippen molar-refractivity contribution in [1.29, 1.82) is 0 Å². The van der Waals surface area contributed by atoms with Gasteiger partial charge in [0.25, 0.3) is 0 Å². The number of amides is 1. The van der Waals surface area contributed by atoms with Gasteiger partial charge >= 0.3 is 6.03 Å². The van der Waals surface area contributed by atoms with Crippen molar-refractivity contribution in [3.8, 4) is 11.3 Å². The van der Waals surface area contributed by atoms with Crippen LogP contribution < -0.4 is 11.1 Å². The summed E-state index contributed by atoms with van der Waals surface area (Å²) in [4.78, 5) is 11.6. The smallest absolute Gasteiger partial charge is 0.341 e. The first kappa shape index (κ1) is 14.2. The van der Waals surface area contributed by atoms with Crippen LogP contribution in [0.15, 0.2) is 18.2 Å². The van der Waals surface area contributed by atoms with Gasteiger partial charge in [-0.1, -0.05) is 29.3 Å². The third-order valence-corrected chi connectivity index (χ3v) is 4.17. The number of aromatic nitrogens is 2. The van der Waals surface area contributed by atoms with Crippen molar-refractivity contribution in [2.45, 2.75) is 19.3 Å². The highest BCUT2D eigenvalue weighted by Crippen LogP contribution is 2.39. The molecular formula is C14H14Cl2N4O. The predicted octanol–water partition coefficient (Wildman–Crippen LogP) is 3.53. The Hall–Kier alpha value is -1.72. The van der Waals surface area contributed by atoms with Crippen LogP contribution in [-0.4, -0.2) is 22.4 Å². The Bertz CT molecular complexity index is 691. The van der Waals surface area contributed by atoms with E-state index in [1.165, 1.54) is 4.68 Å². The maximum absolute atomic E-state index is 11.6. The summed E-state index contributed by atoms with van der Waals surface area (Å²) in [6.07, 6.45) is 2.81. The van der Waals surface area contributed by atoms with Crippen molar-refractivity contribution >= 4 is 35.1 Å². The summed E-state index contributed by atoms with van der Waals surface area (Å²) in [5.41, 5.74) is 7.60. The summed E-state index contributed by atoms with van der Waals surface area (Å²) in [5.74, 6) is 0.644. The van der Waals surface area contributed by atoms with Gasteiger partial charge in [0.05, 0.1) is 10.0 Å². The molecule has 5 nitrogen and oxygen atoms in total. The number of nitrogens with zero attached hydrogens (tertiary/aromatic N) is 2. The third kappa shape index (κ3) is 2.47. The summed E-state index contributed by atoms with van der Waals surface area (Å²) in [7, 11) is 0. The maximum atomic E-state index is 11.6. The van der Waals surface area contributed by atoms with E-state index in [9.17, 15) is 4.79 Å². The Morgan fingerprint density at radius 1 is 1.29 bits per heavy atom. The lowest BCUT2D eigenvalue weighted by Gasteiger charge is -2.06. The summed E-state index contributed by atoms with van der Waals surface area (Å²) in [5, 5.41) is 8.56. The molecule has 0 spiro atoms. The van der Waals surface area contributed by atoms with Gasteiger partial charge in [-0.25, -0.2) is 4.79 Å². The fourth-order valence-corrected chi connectivity index (χ4v) is 3.16. The highest BCUT2D eigenvalue weighted by Gasteiger charge is 2.25. The standard InChI is InChI=1S/C14H14Cl2N4O/c15-9-5-3-6-10(16)11(9)12-8-4-1-2-7-18-13(8)20(19-12)14(17)21/h3,5-6,18H,1-2,4,7H2,(H2,17,21). The first-order valence-electron chi connectivity index (χ1n) is 6.69. The number of primary amides is 1. The highest BCUT2D eigenvalue weighted by atomic mass is 35.5. The Kier molecular flexibility index (Phi) is 3.78. The molecule has 1 aliphatic rings. The predicted molar refractivity (Wildman–Crippen MR) is 84.1 cm³/mol. The SMILES string of the molecule is NC(=O)n1nc(-c2c(Cl)cccc2Cl)c2c1NCCCC2. The van der Waals surface area contributed by atoms with E-state index >= 15 is 0 Å². The van der Waals surface area contributed by atoms with Crippen LogP contribution in [0.2, 0.25) is 10.0 Å². The molecule has 1 aromatic heterocycles. The highest BCUT2D eigenvalue weighted by molar-refractivity contribution is 6.39. The van der Waals surface area contributed by atoms with Crippen molar-refractivity contribution in [2.24, 2.45) is 5.73 Å². The summed E-state index contributed by atoms with van der Waals surface area (Å²) in [6.45, 7) is 0.779. The molecule has 0 unspecified atom stereocenters. The number of hydrogen-bond donors (Lipinski definition) is 2. The lowest BCUT2D eigenvalue weighted by Crippen LogP contribution is -2.23. The van der Waals surface area contributed by atoms with Crippen molar-refractivity contribution < 1.29 is 4.79 Å². The zero-order chi connectivity index (χ0) is 15.0. The molecule has 0 radical (unpaired) electrons. The molecule has 0 bridgehead atoms. The number of benzene rings is 1. The van der Waals surface area contributed by atoms with E-state index < -0.39 is 6.03 Å². The number of carbonyl (C=O) groups is 1. The first-order chi connectivity index (χ1) is 10.1. The molecule has 21 heavy (non-hydrogen) atoms. The number of carbonyl (C=O) groups excluding carboxylic acids is 1. The number of nitrogens with one attached hydrogen (secondary N) is 1. The average molecular weight is 325 g/mol. The number of rotatable bonds is 1. The molecule has 0 atom stereocenters. The zero-order valence-corrected chi connectivity index (χ0v) is 12.7. The van der Waals surface area contributed by atoms with E-state index in [-0.39, 0.29) is 0 Å². The van der Waals surface area contributed by atoms with Crippen LogP contribution in [0, 0.1) is 0 Å². The third-order valence-electron chi connectivity index (χ3n) is 3.54. The van der Waals surface area contributed by atoms with E-state index in [0.717, 1.165) is 31.4 Å². The molecule has 2 aromatic rings. The molecule has 1 aromatic carbocycles. The second-order valence-electron chi connectivity index (χ2n) is 4.91. The zero-order valence-electron chi connectivity index (χ0n) is 11.2. The minimum absolute atomic E-state index is 0.503. The number of fused-ring (bicyclic) bond motifs is 1. The molecule has 0 fully saturated rings. The number of hydrogen-bond acceptors (Lipinski definition) is 3. The fraction of sp³-hybridized carbons (Fsp3) is 0.286. The minimum atomic E-state index is -0.630. The van der Waals surface area contributed by atoms with Gasteiger partial charge in [0.15, 0.2) is 0 Å². The second-order valence-corrected chi connectivity index (χ2v) is 5.72. The van der Waals surface area contributed by atoms with Gasteiger partial charge in [-0.15, -0.1) is 0 Å². The molecule has 0 saturated carbocycles. The normalized spacial score (nSPS) is 14.2. The average Bonchev–Trinajstić information content (AvgIpc) is 2.63. The molecule has 7 heteroatoms. The Balaban J connectivity index is 2.26. The van der Waals surface area contributed by atoms with Crippen LogP contribution >= 0.6 is 23.2 Å². The van der Waals surface area contributed by atoms with Gasteiger partial charge < -0.3 is 11.1 Å². The van der Waals surface area contributed by atoms with Gasteiger partial charge in [0.2, 0.25) is 0 Å². The number of halogens is 2.